The van der Waals surface area contributed by atoms with E-state index in [2.05, 4.69) is 11.9 Å². The number of carbonyl (C=O) groups is 1. The molecule has 1 saturated heterocycles. The van der Waals surface area contributed by atoms with Gasteiger partial charge < -0.3 is 19.3 Å². The molecule has 1 aromatic carbocycles. The number of amides is 1. The van der Waals surface area contributed by atoms with Crippen LogP contribution >= 0.6 is 0 Å². The number of likely N-dealkylation sites (N-methyl/N-ethyl adjacent to an activating group) is 1. The summed E-state index contributed by atoms with van der Waals surface area (Å²) in [4.78, 5) is 16.7. The van der Waals surface area contributed by atoms with Gasteiger partial charge in [0.1, 0.15) is 18.1 Å². The molecule has 0 aliphatic carbocycles. The van der Waals surface area contributed by atoms with Crippen LogP contribution in [0.2, 0.25) is 0 Å². The fraction of sp³-hybridized carbons (Fsp3) is 0.650. The van der Waals surface area contributed by atoms with Crippen molar-refractivity contribution >= 4 is 5.91 Å². The third-order valence-corrected chi connectivity index (χ3v) is 4.91. The molecule has 5 heteroatoms. The lowest BCUT2D eigenvalue weighted by atomic mass is 9.93. The predicted octanol–water partition coefficient (Wildman–Crippen LogP) is 3.04. The average molecular weight is 348 g/mol. The third-order valence-electron chi connectivity index (χ3n) is 4.91. The summed E-state index contributed by atoms with van der Waals surface area (Å²) in [7, 11) is 3.81. The average Bonchev–Trinajstić information content (AvgIpc) is 2.64. The highest BCUT2D eigenvalue weighted by molar-refractivity contribution is 5.76. The van der Waals surface area contributed by atoms with Crippen LogP contribution in [-0.4, -0.2) is 62.7 Å². The number of methoxy groups -OCH3 is 1. The topological polar surface area (TPSA) is 42.0 Å². The summed E-state index contributed by atoms with van der Waals surface area (Å²) in [6.07, 6.45) is 4.15. The van der Waals surface area contributed by atoms with Crippen molar-refractivity contribution in [3.05, 3.63) is 24.3 Å². The molecule has 0 radical (unpaired) electrons. The maximum atomic E-state index is 12.5. The quantitative estimate of drug-likeness (QED) is 0.688. The molecule has 1 amide bonds. The van der Waals surface area contributed by atoms with Gasteiger partial charge in [0.05, 0.1) is 13.7 Å². The Balaban J connectivity index is 1.69. The van der Waals surface area contributed by atoms with Crippen LogP contribution in [0.3, 0.4) is 0 Å². The summed E-state index contributed by atoms with van der Waals surface area (Å²) in [6.45, 7) is 6.22. The molecule has 2 rings (SSSR count). The minimum atomic E-state index is 0.244. The Hall–Kier alpha value is -1.75. The summed E-state index contributed by atoms with van der Waals surface area (Å²) in [6, 6.07) is 7.52. The van der Waals surface area contributed by atoms with E-state index in [1.807, 2.05) is 36.1 Å². The molecule has 0 aromatic heterocycles. The monoisotopic (exact) mass is 348 g/mol. The highest BCUT2D eigenvalue weighted by atomic mass is 16.5. The Morgan fingerprint density at radius 1 is 1.28 bits per heavy atom. The maximum Gasteiger partial charge on any atom is 0.222 e. The number of rotatable bonds is 9. The third kappa shape index (κ3) is 6.58. The van der Waals surface area contributed by atoms with Crippen molar-refractivity contribution in [3.63, 3.8) is 0 Å². The molecule has 0 spiro atoms. The molecule has 1 atom stereocenters. The van der Waals surface area contributed by atoms with Gasteiger partial charge >= 0.3 is 0 Å². The first-order valence-electron chi connectivity index (χ1n) is 9.35. The van der Waals surface area contributed by atoms with Crippen LogP contribution in [0.25, 0.3) is 0 Å². The number of nitrogens with zero attached hydrogens (tertiary/aromatic N) is 2. The fourth-order valence-corrected chi connectivity index (χ4v) is 3.40. The summed E-state index contributed by atoms with van der Waals surface area (Å²) < 4.78 is 10.9. The molecule has 0 unspecified atom stereocenters. The summed E-state index contributed by atoms with van der Waals surface area (Å²) >= 11 is 0. The molecule has 1 fully saturated rings. The molecule has 0 saturated carbocycles. The van der Waals surface area contributed by atoms with Crippen molar-refractivity contribution in [2.24, 2.45) is 5.92 Å². The number of piperidine rings is 1. The SMILES string of the molecule is CCN(CCOc1ccc(OC)cc1)C(=O)CC[C@H]1CCCN(C)C1. The van der Waals surface area contributed by atoms with Gasteiger partial charge in [-0.15, -0.1) is 0 Å². The van der Waals surface area contributed by atoms with Crippen molar-refractivity contribution in [2.45, 2.75) is 32.6 Å². The van der Waals surface area contributed by atoms with Crippen molar-refractivity contribution in [2.75, 3.05) is 46.9 Å². The van der Waals surface area contributed by atoms with E-state index < -0.39 is 0 Å². The molecule has 5 nitrogen and oxygen atoms in total. The molecule has 1 heterocycles. The van der Waals surface area contributed by atoms with E-state index in [1.165, 1.54) is 19.4 Å². The number of hydrogen-bond donors (Lipinski definition) is 0. The minimum Gasteiger partial charge on any atom is -0.497 e. The van der Waals surface area contributed by atoms with Gasteiger partial charge in [-0.2, -0.15) is 0 Å². The zero-order valence-electron chi connectivity index (χ0n) is 15.9. The van der Waals surface area contributed by atoms with E-state index in [4.69, 9.17) is 9.47 Å². The van der Waals surface area contributed by atoms with Crippen LogP contribution in [0.1, 0.15) is 32.6 Å². The largest absolute Gasteiger partial charge is 0.497 e. The van der Waals surface area contributed by atoms with Crippen molar-refractivity contribution in [1.82, 2.24) is 9.80 Å². The standard InChI is InChI=1S/C20H32N2O3/c1-4-22(14-15-25-19-10-8-18(24-3)9-11-19)20(23)12-7-17-6-5-13-21(2)16-17/h8-11,17H,4-7,12-16H2,1-3H3/t17-/m1/s1. The highest BCUT2D eigenvalue weighted by Gasteiger charge is 2.19. The van der Waals surface area contributed by atoms with Crippen LogP contribution < -0.4 is 9.47 Å². The zero-order valence-corrected chi connectivity index (χ0v) is 15.9. The lowest BCUT2D eigenvalue weighted by Crippen LogP contribution is -2.36. The van der Waals surface area contributed by atoms with Crippen LogP contribution in [0.15, 0.2) is 24.3 Å². The lowest BCUT2D eigenvalue weighted by molar-refractivity contribution is -0.131. The van der Waals surface area contributed by atoms with Gasteiger partial charge in [0, 0.05) is 19.5 Å². The van der Waals surface area contributed by atoms with E-state index in [9.17, 15) is 4.79 Å². The number of carbonyl (C=O) groups excluding carboxylic acids is 1. The molecular formula is C20H32N2O3. The summed E-state index contributed by atoms with van der Waals surface area (Å²) in [5.74, 6) is 2.52. The predicted molar refractivity (Wildman–Crippen MR) is 100 cm³/mol. The van der Waals surface area contributed by atoms with E-state index in [0.29, 0.717) is 25.5 Å². The Morgan fingerprint density at radius 2 is 2.00 bits per heavy atom. The normalized spacial score (nSPS) is 18.0. The first-order chi connectivity index (χ1) is 12.1. The molecule has 0 N–H and O–H groups in total. The second-order valence-electron chi connectivity index (χ2n) is 6.81. The number of likely N-dealkylation sites (tertiary alicyclic amines) is 1. The lowest BCUT2D eigenvalue weighted by Gasteiger charge is -2.30. The summed E-state index contributed by atoms with van der Waals surface area (Å²) in [5, 5.41) is 0. The van der Waals surface area contributed by atoms with Gasteiger partial charge in [0.15, 0.2) is 0 Å². The zero-order chi connectivity index (χ0) is 18.1. The highest BCUT2D eigenvalue weighted by Crippen LogP contribution is 2.20. The number of ether oxygens (including phenoxy) is 2. The Bertz CT molecular complexity index is 518. The Labute approximate surface area is 151 Å². The second-order valence-corrected chi connectivity index (χ2v) is 6.81. The van der Waals surface area contributed by atoms with Gasteiger partial charge in [0.25, 0.3) is 0 Å². The van der Waals surface area contributed by atoms with Gasteiger partial charge in [-0.3, -0.25) is 4.79 Å². The van der Waals surface area contributed by atoms with Crippen molar-refractivity contribution < 1.29 is 14.3 Å². The van der Waals surface area contributed by atoms with Crippen molar-refractivity contribution in [3.8, 4) is 11.5 Å². The molecule has 25 heavy (non-hydrogen) atoms. The van der Waals surface area contributed by atoms with Crippen molar-refractivity contribution in [1.29, 1.82) is 0 Å². The smallest absolute Gasteiger partial charge is 0.222 e. The first-order valence-corrected chi connectivity index (χ1v) is 9.35. The summed E-state index contributed by atoms with van der Waals surface area (Å²) in [5.41, 5.74) is 0. The first kappa shape index (κ1) is 19.6. The van der Waals surface area contributed by atoms with E-state index in [1.54, 1.807) is 7.11 Å². The second kappa shape index (κ2) is 10.3. The van der Waals surface area contributed by atoms with Gasteiger partial charge in [-0.05, 0) is 70.0 Å². The van der Waals surface area contributed by atoms with Gasteiger partial charge in [0.2, 0.25) is 5.91 Å². The molecule has 0 bridgehead atoms. The van der Waals surface area contributed by atoms with Crippen LogP contribution in [0.4, 0.5) is 0 Å². The number of hydrogen-bond acceptors (Lipinski definition) is 4. The Morgan fingerprint density at radius 3 is 2.64 bits per heavy atom. The van der Waals surface area contributed by atoms with Crippen LogP contribution in [0.5, 0.6) is 11.5 Å². The van der Waals surface area contributed by atoms with E-state index in [-0.39, 0.29) is 5.91 Å². The van der Waals surface area contributed by atoms with E-state index in [0.717, 1.165) is 31.0 Å². The number of benzene rings is 1. The van der Waals surface area contributed by atoms with Gasteiger partial charge in [-0.1, -0.05) is 0 Å². The molecule has 1 aromatic rings. The van der Waals surface area contributed by atoms with E-state index >= 15 is 0 Å². The maximum absolute atomic E-state index is 12.5. The molecule has 140 valence electrons. The molecule has 1 aliphatic heterocycles. The molecule has 1 aliphatic rings. The fourth-order valence-electron chi connectivity index (χ4n) is 3.40. The van der Waals surface area contributed by atoms with Crippen LogP contribution in [0, 0.1) is 5.92 Å². The van der Waals surface area contributed by atoms with Crippen LogP contribution in [-0.2, 0) is 4.79 Å². The minimum absolute atomic E-state index is 0.244. The van der Waals surface area contributed by atoms with Gasteiger partial charge in [-0.25, -0.2) is 0 Å². The molecular weight excluding hydrogens is 316 g/mol. The Kier molecular flexibility index (Phi) is 8.06.